The first kappa shape index (κ1) is 73.9. The average molecular weight is 1480 g/mol. The van der Waals surface area contributed by atoms with Gasteiger partial charge in [-0.2, -0.15) is 23.7 Å². The van der Waals surface area contributed by atoms with Crippen molar-refractivity contribution in [2.75, 3.05) is 76.8 Å². The number of hydrogen-bond acceptors (Lipinski definition) is 21. The lowest BCUT2D eigenvalue weighted by atomic mass is 10.1. The van der Waals surface area contributed by atoms with Crippen LogP contribution in [0.5, 0.6) is 17.6 Å². The van der Waals surface area contributed by atoms with E-state index < -0.39 is 45.9 Å². The summed E-state index contributed by atoms with van der Waals surface area (Å²) < 4.78 is 89.2. The van der Waals surface area contributed by atoms with E-state index in [2.05, 4.69) is 72.5 Å². The monoisotopic (exact) mass is 1470 g/mol. The van der Waals surface area contributed by atoms with Crippen molar-refractivity contribution in [1.29, 1.82) is 0 Å². The molecule has 8 N–H and O–H groups in total. The normalized spacial score (nSPS) is 16.0. The number of nitrogens with two attached hydrogens (primary N) is 3. The van der Waals surface area contributed by atoms with Crippen LogP contribution in [0.3, 0.4) is 0 Å². The van der Waals surface area contributed by atoms with E-state index in [9.17, 15) is 21.6 Å². The van der Waals surface area contributed by atoms with Gasteiger partial charge in [0.25, 0.3) is 27.8 Å². The maximum absolute atomic E-state index is 13.9. The fourth-order valence-electron chi connectivity index (χ4n) is 10.6. The number of H-pyrrole nitrogens is 1. The number of benzene rings is 3. The van der Waals surface area contributed by atoms with Crippen LogP contribution in [0.25, 0.3) is 33.8 Å². The summed E-state index contributed by atoms with van der Waals surface area (Å²) in [5.41, 5.74) is 22.7. The zero-order valence-electron chi connectivity index (χ0n) is 53.4. The molecule has 6 aromatic heterocycles. The maximum atomic E-state index is 13.9. The standard InChI is InChI=1S/C21H23Cl2FN6O.C20H21Cl2FN6O.C15H12Cl2FN5O.C7H15NO3S/c1-12(18-15(22)3-4-16(24)19(18)23)31-21-20(25)26-10-17(28-21)13-9-27-30(11-13)14-5-7-29(2)8-6-14;1-11(17-14(21)2-3-15(23)18(17)22)30-20-19(24)26-9-16(28-20)12-8-27-29(10-12)13-4-6-25-7-5-13;1-7(12-9(16)2-3-10(18)13(12)17)24-15-14(19)20-6-11(23-15)8-4-21-22-5-8;1-8-5-3-7(4-6-8)11-12(2,9)10/h3-4,9-12,14H,5-8H2,1-2H3,(H2,25,26);2-3,8-11,13,25H,4-7H2,1H3,(H2,24,26);2-7H,1H3,(H2,19,20)(H,21,22);7H,3-6H2,1-2H3/t12-;11-;7-;/m111./s1. The lowest BCUT2D eigenvalue weighted by Crippen LogP contribution is -2.35. The van der Waals surface area contributed by atoms with Gasteiger partial charge in [-0.1, -0.05) is 69.6 Å². The number of aromatic nitrogens is 12. The largest absolute Gasteiger partial charge is 0.467 e. The molecule has 0 spiro atoms. The highest BCUT2D eigenvalue weighted by molar-refractivity contribution is 7.86. The third-order valence-corrected chi connectivity index (χ3v) is 18.7. The number of piperidine rings is 3. The minimum atomic E-state index is -3.26. The number of rotatable bonds is 16. The highest BCUT2D eigenvalue weighted by Gasteiger charge is 2.27. The van der Waals surface area contributed by atoms with Crippen molar-refractivity contribution in [3.8, 4) is 51.4 Å². The SMILES string of the molecule is CN1CCC(OS(C)(=O)=O)CC1.C[C@@H](Oc1nc(-c2cn[nH]c2)cnc1N)c1c(Cl)ccc(F)c1Cl.C[C@@H](Oc1nc(-c2cnn(C3CCN(C)CC3)c2)cnc1N)c1c(Cl)ccc(F)c1Cl.C[C@@H](Oc1nc(-c2cnn(C3CCNCC3)c2)cnc1N)c1c(Cl)ccc(F)c1Cl. The van der Waals surface area contributed by atoms with Crippen molar-refractivity contribution in [2.45, 2.75) is 95.8 Å². The molecule has 3 aromatic carbocycles. The Labute approximate surface area is 588 Å². The Morgan fingerprint density at radius 3 is 1.25 bits per heavy atom. The van der Waals surface area contributed by atoms with E-state index in [-0.39, 0.29) is 61.3 Å². The number of nitrogens with zero attached hydrogens (tertiary/aromatic N) is 13. The van der Waals surface area contributed by atoms with Gasteiger partial charge in [0, 0.05) is 80.1 Å². The molecule has 0 bridgehead atoms. The predicted octanol–water partition coefficient (Wildman–Crippen LogP) is 13.3. The van der Waals surface area contributed by atoms with Gasteiger partial charge in [-0.15, -0.1) is 0 Å². The molecule has 0 radical (unpaired) electrons. The molecular formula is C63H71Cl6F3N18O6S. The summed E-state index contributed by atoms with van der Waals surface area (Å²) in [7, 11) is 0.891. The van der Waals surface area contributed by atoms with Crippen LogP contribution in [0.4, 0.5) is 30.6 Å². The van der Waals surface area contributed by atoms with Crippen LogP contribution in [-0.2, 0) is 14.3 Å². The first-order valence-corrected chi connectivity index (χ1v) is 34.6. The van der Waals surface area contributed by atoms with Crippen LogP contribution in [0.2, 0.25) is 30.1 Å². The first-order chi connectivity index (χ1) is 46.2. The molecule has 34 heteroatoms. The van der Waals surface area contributed by atoms with Crippen molar-refractivity contribution in [3.05, 3.63) is 156 Å². The molecule has 9 heterocycles. The lowest BCUT2D eigenvalue weighted by molar-refractivity contribution is 0.121. The summed E-state index contributed by atoms with van der Waals surface area (Å²) in [5, 5.41) is 19.4. The highest BCUT2D eigenvalue weighted by atomic mass is 35.5. The van der Waals surface area contributed by atoms with Crippen LogP contribution in [0, 0.1) is 17.5 Å². The zero-order valence-corrected chi connectivity index (χ0v) is 58.8. The Hall–Kier alpha value is -7.35. The van der Waals surface area contributed by atoms with Crippen LogP contribution in [0.15, 0.2) is 92.2 Å². The molecule has 12 rings (SSSR count). The van der Waals surface area contributed by atoms with Gasteiger partial charge in [-0.25, -0.2) is 43.1 Å². The van der Waals surface area contributed by atoms with Crippen molar-refractivity contribution in [1.82, 2.24) is 74.8 Å². The van der Waals surface area contributed by atoms with Gasteiger partial charge in [-0.3, -0.25) is 18.6 Å². The molecule has 3 atom stereocenters. The van der Waals surface area contributed by atoms with Gasteiger partial charge >= 0.3 is 0 Å². The molecule has 3 aliphatic rings. The number of nitrogens with one attached hydrogen (secondary N) is 2. The molecule has 0 aliphatic carbocycles. The molecule has 518 valence electrons. The van der Waals surface area contributed by atoms with E-state index in [1.165, 1.54) is 42.6 Å². The van der Waals surface area contributed by atoms with E-state index in [4.69, 9.17) is 105 Å². The zero-order chi connectivity index (χ0) is 69.8. The molecule has 0 unspecified atom stereocenters. The van der Waals surface area contributed by atoms with E-state index >= 15 is 0 Å². The third kappa shape index (κ3) is 19.5. The molecule has 3 aliphatic heterocycles. The number of anilines is 3. The van der Waals surface area contributed by atoms with E-state index in [1.54, 1.807) is 58.0 Å². The van der Waals surface area contributed by atoms with Gasteiger partial charge in [0.1, 0.15) is 35.8 Å². The minimum Gasteiger partial charge on any atom is -0.467 e. The van der Waals surface area contributed by atoms with Crippen LogP contribution in [0.1, 0.15) is 106 Å². The van der Waals surface area contributed by atoms with Gasteiger partial charge in [-0.05, 0) is 136 Å². The van der Waals surface area contributed by atoms with Crippen LogP contribution < -0.4 is 36.7 Å². The van der Waals surface area contributed by atoms with Crippen LogP contribution in [-0.4, -0.2) is 144 Å². The quantitative estimate of drug-likeness (QED) is 0.0443. The molecule has 97 heavy (non-hydrogen) atoms. The Morgan fingerprint density at radius 1 is 0.526 bits per heavy atom. The van der Waals surface area contributed by atoms with Gasteiger partial charge in [0.15, 0.2) is 17.5 Å². The van der Waals surface area contributed by atoms with Crippen molar-refractivity contribution < 1.29 is 40.0 Å². The summed E-state index contributed by atoms with van der Waals surface area (Å²) in [5.74, 6) is -1.09. The summed E-state index contributed by atoms with van der Waals surface area (Å²) in [6.45, 7) is 10.9. The molecule has 9 aromatic rings. The molecule has 24 nitrogen and oxygen atoms in total. The number of aromatic amines is 1. The van der Waals surface area contributed by atoms with E-state index in [0.717, 1.165) is 101 Å². The van der Waals surface area contributed by atoms with Gasteiger partial charge < -0.3 is 46.5 Å². The summed E-state index contributed by atoms with van der Waals surface area (Å²) in [6.07, 6.45) is 20.0. The van der Waals surface area contributed by atoms with Crippen molar-refractivity contribution in [2.24, 2.45) is 0 Å². The number of likely N-dealkylation sites (tertiary alicyclic amines) is 2. The maximum Gasteiger partial charge on any atom is 0.264 e. The van der Waals surface area contributed by atoms with Crippen LogP contribution >= 0.6 is 69.6 Å². The smallest absolute Gasteiger partial charge is 0.264 e. The topological polar surface area (TPSA) is 309 Å². The number of nitrogen functional groups attached to an aromatic ring is 3. The Kier molecular flexibility index (Phi) is 25.5. The van der Waals surface area contributed by atoms with Gasteiger partial charge in [0.2, 0.25) is 0 Å². The fraction of sp³-hybridized carbons (Fsp3) is 0.381. The molecule has 0 amide bonds. The average Bonchev–Trinajstić information content (AvgIpc) is 1.74. The van der Waals surface area contributed by atoms with E-state index in [1.807, 2.05) is 28.8 Å². The van der Waals surface area contributed by atoms with Gasteiger partial charge in [0.05, 0.1) is 93.8 Å². The Bertz CT molecular complexity index is 4260. The first-order valence-electron chi connectivity index (χ1n) is 30.5. The van der Waals surface area contributed by atoms with E-state index in [0.29, 0.717) is 55.9 Å². The Morgan fingerprint density at radius 2 is 0.887 bits per heavy atom. The molecule has 3 fully saturated rings. The molecule has 3 saturated heterocycles. The highest BCUT2D eigenvalue weighted by Crippen LogP contribution is 2.40. The number of ether oxygens (including phenoxy) is 3. The second-order valence-corrected chi connectivity index (χ2v) is 27.1. The van der Waals surface area contributed by atoms with Crippen molar-refractivity contribution in [3.63, 3.8) is 0 Å². The van der Waals surface area contributed by atoms with Crippen molar-refractivity contribution >= 4 is 97.2 Å². The number of hydrogen-bond donors (Lipinski definition) is 5. The molecular weight excluding hydrogens is 1410 g/mol. The predicted molar refractivity (Wildman–Crippen MR) is 369 cm³/mol. The molecule has 0 saturated carbocycles. The summed E-state index contributed by atoms with van der Waals surface area (Å²) in [6, 6.07) is 8.59. The summed E-state index contributed by atoms with van der Waals surface area (Å²) in [4.78, 5) is 30.2. The second kappa shape index (κ2) is 33.5. The lowest BCUT2D eigenvalue weighted by Gasteiger charge is -2.28. The summed E-state index contributed by atoms with van der Waals surface area (Å²) >= 11 is 36.7. The number of halogens is 9. The minimum absolute atomic E-state index is 0.0950. The second-order valence-electron chi connectivity index (χ2n) is 23.1. The fourth-order valence-corrected chi connectivity index (χ4v) is 13.4. The third-order valence-electron chi connectivity index (χ3n) is 15.9. The Balaban J connectivity index is 0.000000158.